The Bertz CT molecular complexity index is 1220. The molecule has 0 atom stereocenters. The molecule has 1 aromatic heterocycles. The summed E-state index contributed by atoms with van der Waals surface area (Å²) in [6.45, 7) is 4.05. The number of hydrogen-bond acceptors (Lipinski definition) is 5. The monoisotopic (exact) mass is 560 g/mol. The van der Waals surface area contributed by atoms with Gasteiger partial charge in [-0.15, -0.1) is 11.3 Å². The highest BCUT2D eigenvalue weighted by molar-refractivity contribution is 14.1. The lowest BCUT2D eigenvalue weighted by Crippen LogP contribution is -2.54. The first kappa shape index (κ1) is 21.7. The van der Waals surface area contributed by atoms with Crippen molar-refractivity contribution in [3.05, 3.63) is 79.1 Å². The molecule has 1 aliphatic rings. The number of thiophene rings is 1. The van der Waals surface area contributed by atoms with Crippen molar-refractivity contribution in [3.8, 4) is 11.5 Å². The first-order chi connectivity index (χ1) is 14.8. The molecule has 1 saturated heterocycles. The van der Waals surface area contributed by atoms with Crippen molar-refractivity contribution >= 4 is 74.8 Å². The normalized spacial score (nSPS) is 15.4. The minimum Gasteiger partial charge on any atom is -0.457 e. The first-order valence-corrected chi connectivity index (χ1v) is 11.7. The van der Waals surface area contributed by atoms with Gasteiger partial charge >= 0.3 is 0 Å². The van der Waals surface area contributed by atoms with Crippen molar-refractivity contribution in [3.63, 3.8) is 0 Å². The van der Waals surface area contributed by atoms with E-state index in [1.165, 1.54) is 4.90 Å². The summed E-state index contributed by atoms with van der Waals surface area (Å²) in [5.41, 5.74) is 1.76. The van der Waals surface area contributed by atoms with Crippen LogP contribution in [0.4, 0.5) is 5.69 Å². The largest absolute Gasteiger partial charge is 0.457 e. The minimum atomic E-state index is -0.491. The molecule has 1 aliphatic heterocycles. The highest BCUT2D eigenvalue weighted by Gasteiger charge is 2.34. The van der Waals surface area contributed by atoms with Crippen molar-refractivity contribution < 1.29 is 14.3 Å². The molecule has 0 saturated carbocycles. The third-order valence-electron chi connectivity index (χ3n) is 4.79. The zero-order chi connectivity index (χ0) is 22.1. The number of nitrogens with one attached hydrogen (secondary N) is 1. The number of halogens is 1. The Labute approximate surface area is 202 Å². The number of benzene rings is 2. The third-order valence-corrected chi connectivity index (χ3v) is 7.98. The highest BCUT2D eigenvalue weighted by Crippen LogP contribution is 2.32. The molecule has 0 unspecified atom stereocenters. The Morgan fingerprint density at radius 3 is 2.29 bits per heavy atom. The summed E-state index contributed by atoms with van der Waals surface area (Å²) < 4.78 is 6.84. The second-order valence-corrected chi connectivity index (χ2v) is 9.55. The minimum absolute atomic E-state index is 0.0529. The number of aryl methyl sites for hydroxylation is 1. The topological polar surface area (TPSA) is 58.6 Å². The van der Waals surface area contributed by atoms with E-state index in [0.717, 1.165) is 18.9 Å². The summed E-state index contributed by atoms with van der Waals surface area (Å²) in [7, 11) is 0. The maximum absolute atomic E-state index is 13.2. The van der Waals surface area contributed by atoms with Crippen LogP contribution in [-0.2, 0) is 9.59 Å². The van der Waals surface area contributed by atoms with E-state index in [1.54, 1.807) is 41.7 Å². The van der Waals surface area contributed by atoms with Crippen molar-refractivity contribution in [2.45, 2.75) is 13.8 Å². The van der Waals surface area contributed by atoms with Crippen molar-refractivity contribution in [2.24, 2.45) is 0 Å². The molecule has 1 N–H and O–H groups in total. The van der Waals surface area contributed by atoms with E-state index in [1.807, 2.05) is 44.2 Å². The Balaban J connectivity index is 1.62. The van der Waals surface area contributed by atoms with E-state index >= 15 is 0 Å². The SMILES string of the molecule is Cc1sc(/C=C2\C(=O)NC(=S)N(c3ccc(Oc4ccccc4)cc3)C2=O)c(I)c1C. The van der Waals surface area contributed by atoms with E-state index in [9.17, 15) is 9.59 Å². The highest BCUT2D eigenvalue weighted by atomic mass is 127. The first-order valence-electron chi connectivity index (χ1n) is 9.35. The second-order valence-electron chi connectivity index (χ2n) is 6.83. The van der Waals surface area contributed by atoms with Crippen molar-refractivity contribution in [1.82, 2.24) is 5.32 Å². The molecular weight excluding hydrogens is 543 g/mol. The number of hydrogen-bond donors (Lipinski definition) is 1. The maximum Gasteiger partial charge on any atom is 0.270 e. The number of rotatable bonds is 4. The molecule has 156 valence electrons. The predicted octanol–water partition coefficient (Wildman–Crippen LogP) is 5.59. The Kier molecular flexibility index (Phi) is 6.22. The molecule has 1 fully saturated rings. The number of nitrogens with zero attached hydrogens (tertiary/aromatic N) is 1. The molecule has 2 amide bonds. The number of thiocarbonyl (C=S) groups is 1. The van der Waals surface area contributed by atoms with Gasteiger partial charge in [-0.1, -0.05) is 18.2 Å². The summed E-state index contributed by atoms with van der Waals surface area (Å²) in [6, 6.07) is 16.4. The van der Waals surface area contributed by atoms with Crippen LogP contribution in [0.5, 0.6) is 11.5 Å². The number of ether oxygens (including phenoxy) is 1. The quantitative estimate of drug-likeness (QED) is 0.196. The number of carbonyl (C=O) groups excluding carboxylic acids is 2. The molecule has 3 aromatic rings. The Hall–Kier alpha value is -2.56. The summed E-state index contributed by atoms with van der Waals surface area (Å²) in [4.78, 5) is 29.1. The van der Waals surface area contributed by atoms with Gasteiger partial charge < -0.3 is 4.74 Å². The molecule has 8 heteroatoms. The van der Waals surface area contributed by atoms with Crippen LogP contribution in [0.25, 0.3) is 6.08 Å². The summed E-state index contributed by atoms with van der Waals surface area (Å²) in [6.07, 6.45) is 1.64. The second kappa shape index (κ2) is 8.89. The molecule has 0 radical (unpaired) electrons. The number of amides is 2. The van der Waals surface area contributed by atoms with Crippen LogP contribution < -0.4 is 15.0 Å². The van der Waals surface area contributed by atoms with Crippen LogP contribution in [0.3, 0.4) is 0 Å². The van der Waals surface area contributed by atoms with Gasteiger partial charge in [0.05, 0.1) is 5.69 Å². The van der Waals surface area contributed by atoms with Crippen LogP contribution >= 0.6 is 46.1 Å². The van der Waals surface area contributed by atoms with Gasteiger partial charge in [0.15, 0.2) is 5.11 Å². The molecular formula is C23H17IN2O3S2. The van der Waals surface area contributed by atoms with Gasteiger partial charge in [-0.05, 0) is 96.7 Å². The lowest BCUT2D eigenvalue weighted by molar-refractivity contribution is -0.122. The summed E-state index contributed by atoms with van der Waals surface area (Å²) >= 11 is 9.08. The summed E-state index contributed by atoms with van der Waals surface area (Å²) in [5, 5.41) is 2.68. The van der Waals surface area contributed by atoms with Gasteiger partial charge in [0.2, 0.25) is 0 Å². The molecule has 5 nitrogen and oxygen atoms in total. The number of carbonyl (C=O) groups is 2. The maximum atomic E-state index is 13.2. The fraction of sp³-hybridized carbons (Fsp3) is 0.0870. The van der Waals surface area contributed by atoms with Gasteiger partial charge in [0.1, 0.15) is 17.1 Å². The van der Waals surface area contributed by atoms with Crippen molar-refractivity contribution in [2.75, 3.05) is 4.90 Å². The van der Waals surface area contributed by atoms with E-state index in [4.69, 9.17) is 17.0 Å². The molecule has 4 rings (SSSR count). The van der Waals surface area contributed by atoms with Gasteiger partial charge in [-0.25, -0.2) is 0 Å². The van der Waals surface area contributed by atoms with Crippen LogP contribution in [0.15, 0.2) is 60.2 Å². The smallest absolute Gasteiger partial charge is 0.270 e. The van der Waals surface area contributed by atoms with E-state index in [2.05, 4.69) is 27.9 Å². The van der Waals surface area contributed by atoms with Crippen LogP contribution in [-0.4, -0.2) is 16.9 Å². The molecule has 0 bridgehead atoms. The molecule has 2 heterocycles. The van der Waals surface area contributed by atoms with Crippen LogP contribution in [0, 0.1) is 17.4 Å². The third kappa shape index (κ3) is 4.41. The number of para-hydroxylation sites is 1. The van der Waals surface area contributed by atoms with E-state index in [0.29, 0.717) is 17.2 Å². The Morgan fingerprint density at radius 2 is 1.68 bits per heavy atom. The molecule has 0 aliphatic carbocycles. The lowest BCUT2D eigenvalue weighted by Gasteiger charge is -2.29. The number of anilines is 1. The zero-order valence-corrected chi connectivity index (χ0v) is 20.4. The fourth-order valence-electron chi connectivity index (χ4n) is 3.03. The lowest BCUT2D eigenvalue weighted by atomic mass is 10.1. The summed E-state index contributed by atoms with van der Waals surface area (Å²) in [5.74, 6) is 0.400. The van der Waals surface area contributed by atoms with Gasteiger partial charge in [-0.3, -0.25) is 19.8 Å². The predicted molar refractivity (Wildman–Crippen MR) is 136 cm³/mol. The fourth-order valence-corrected chi connectivity index (χ4v) is 5.39. The van der Waals surface area contributed by atoms with Crippen LogP contribution in [0.1, 0.15) is 15.3 Å². The average molecular weight is 560 g/mol. The van der Waals surface area contributed by atoms with E-state index in [-0.39, 0.29) is 10.7 Å². The van der Waals surface area contributed by atoms with Gasteiger partial charge in [0.25, 0.3) is 11.8 Å². The molecule has 0 spiro atoms. The van der Waals surface area contributed by atoms with Crippen molar-refractivity contribution in [1.29, 1.82) is 0 Å². The standard InChI is InChI=1S/C23H17IN2O3S2/c1-13-14(2)31-19(20(13)24)12-18-21(27)25-23(30)26(22(18)28)15-8-10-17(11-9-15)29-16-6-4-3-5-7-16/h3-12H,1-2H3,(H,25,27,30)/b18-12+. The zero-order valence-electron chi connectivity index (χ0n) is 16.6. The molecule has 2 aromatic carbocycles. The molecule has 31 heavy (non-hydrogen) atoms. The van der Waals surface area contributed by atoms with Crippen LogP contribution in [0.2, 0.25) is 0 Å². The Morgan fingerprint density at radius 1 is 1.03 bits per heavy atom. The average Bonchev–Trinajstić information content (AvgIpc) is 2.99. The van der Waals surface area contributed by atoms with E-state index < -0.39 is 11.8 Å². The van der Waals surface area contributed by atoms with Gasteiger partial charge in [0, 0.05) is 13.3 Å². The van der Waals surface area contributed by atoms with Gasteiger partial charge in [-0.2, -0.15) is 0 Å².